The Bertz CT molecular complexity index is 863. The van der Waals surface area contributed by atoms with Gasteiger partial charge < -0.3 is 9.80 Å². The van der Waals surface area contributed by atoms with Crippen LogP contribution in [0, 0.1) is 22.7 Å². The number of aromatic nitrogens is 1. The number of alkyl halides is 3. The lowest BCUT2D eigenvalue weighted by Gasteiger charge is -2.41. The SMILES string of the molecule is N#CC1CCC(N2CCC3(CCCN(c4ncc(C(F)(F)F)cc4Cl)C3)C2=O)CC1. The number of nitrogens with zero attached hydrogens (tertiary/aromatic N) is 4. The van der Waals surface area contributed by atoms with Crippen LogP contribution in [0.2, 0.25) is 5.02 Å². The minimum absolute atomic E-state index is 0.0426. The summed E-state index contributed by atoms with van der Waals surface area (Å²) in [6.45, 7) is 1.73. The molecule has 3 aliphatic rings. The molecule has 9 heteroatoms. The molecule has 5 nitrogen and oxygen atoms in total. The highest BCUT2D eigenvalue weighted by Gasteiger charge is 2.51. The third kappa shape index (κ3) is 3.84. The molecule has 1 saturated carbocycles. The first-order chi connectivity index (χ1) is 14.2. The lowest BCUT2D eigenvalue weighted by Crippen LogP contribution is -2.50. The number of carbonyl (C=O) groups excluding carboxylic acids is 1. The third-order valence-electron chi connectivity index (χ3n) is 6.89. The van der Waals surface area contributed by atoms with E-state index >= 15 is 0 Å². The Labute approximate surface area is 178 Å². The fourth-order valence-corrected chi connectivity index (χ4v) is 5.51. The zero-order valence-corrected chi connectivity index (χ0v) is 17.3. The summed E-state index contributed by atoms with van der Waals surface area (Å²) in [5.41, 5.74) is -1.41. The smallest absolute Gasteiger partial charge is 0.354 e. The number of piperidine rings is 1. The Balaban J connectivity index is 1.49. The van der Waals surface area contributed by atoms with Crippen molar-refractivity contribution in [3.8, 4) is 6.07 Å². The quantitative estimate of drug-likeness (QED) is 0.671. The Morgan fingerprint density at radius 1 is 1.20 bits per heavy atom. The first-order valence-electron chi connectivity index (χ1n) is 10.4. The standard InChI is InChI=1S/C21H24ClF3N4O/c22-17-10-15(21(23,24)25)12-27-18(17)28-8-1-6-20(13-28)7-9-29(19(20)30)16-4-2-14(11-26)3-5-16/h10,12,14,16H,1-9,13H2. The maximum absolute atomic E-state index is 13.4. The number of halogens is 4. The van der Waals surface area contributed by atoms with E-state index in [2.05, 4.69) is 11.1 Å². The Morgan fingerprint density at radius 2 is 1.93 bits per heavy atom. The average molecular weight is 441 g/mol. The number of hydrogen-bond acceptors (Lipinski definition) is 4. The van der Waals surface area contributed by atoms with Crippen molar-refractivity contribution in [3.63, 3.8) is 0 Å². The molecule has 3 fully saturated rings. The fourth-order valence-electron chi connectivity index (χ4n) is 5.22. The number of likely N-dealkylation sites (tertiary alicyclic amines) is 1. The van der Waals surface area contributed by atoms with Gasteiger partial charge in [0.1, 0.15) is 5.82 Å². The van der Waals surface area contributed by atoms with Crippen LogP contribution >= 0.6 is 11.6 Å². The highest BCUT2D eigenvalue weighted by molar-refractivity contribution is 6.33. The summed E-state index contributed by atoms with van der Waals surface area (Å²) in [5, 5.41) is 9.06. The average Bonchev–Trinajstić information content (AvgIpc) is 3.03. The molecule has 1 amide bonds. The van der Waals surface area contributed by atoms with Crippen molar-refractivity contribution >= 4 is 23.3 Å². The molecule has 0 N–H and O–H groups in total. The number of anilines is 1. The number of rotatable bonds is 2. The molecule has 30 heavy (non-hydrogen) atoms. The van der Waals surface area contributed by atoms with E-state index in [0.29, 0.717) is 25.5 Å². The first-order valence-corrected chi connectivity index (χ1v) is 10.8. The molecule has 1 aromatic rings. The Morgan fingerprint density at radius 3 is 2.57 bits per heavy atom. The molecule has 3 heterocycles. The van der Waals surface area contributed by atoms with Crippen LogP contribution in [0.4, 0.5) is 19.0 Å². The zero-order chi connectivity index (χ0) is 21.5. The van der Waals surface area contributed by atoms with Gasteiger partial charge in [-0.15, -0.1) is 0 Å². The van der Waals surface area contributed by atoms with Gasteiger partial charge in [-0.2, -0.15) is 18.4 Å². The van der Waals surface area contributed by atoms with E-state index in [9.17, 15) is 18.0 Å². The second kappa shape index (κ2) is 7.92. The van der Waals surface area contributed by atoms with E-state index < -0.39 is 17.2 Å². The van der Waals surface area contributed by atoms with Gasteiger partial charge in [0, 0.05) is 37.8 Å². The van der Waals surface area contributed by atoms with E-state index in [1.165, 1.54) is 0 Å². The highest BCUT2D eigenvalue weighted by atomic mass is 35.5. The molecule has 1 atom stereocenters. The van der Waals surface area contributed by atoms with E-state index in [1.807, 2.05) is 9.80 Å². The van der Waals surface area contributed by atoms with Crippen molar-refractivity contribution in [1.29, 1.82) is 5.26 Å². The van der Waals surface area contributed by atoms with Crippen LogP contribution in [0.25, 0.3) is 0 Å². The minimum Gasteiger partial charge on any atom is -0.354 e. The Hall–Kier alpha value is -2.01. The molecule has 0 aromatic carbocycles. The summed E-state index contributed by atoms with van der Waals surface area (Å²) in [7, 11) is 0. The van der Waals surface area contributed by atoms with Gasteiger partial charge in [-0.05, 0) is 51.0 Å². The normalized spacial score (nSPS) is 30.0. The van der Waals surface area contributed by atoms with Crippen molar-refractivity contribution < 1.29 is 18.0 Å². The number of hydrogen-bond donors (Lipinski definition) is 0. The summed E-state index contributed by atoms with van der Waals surface area (Å²) >= 11 is 6.15. The van der Waals surface area contributed by atoms with Gasteiger partial charge in [0.05, 0.1) is 22.1 Å². The van der Waals surface area contributed by atoms with Gasteiger partial charge in [-0.25, -0.2) is 4.98 Å². The van der Waals surface area contributed by atoms with Gasteiger partial charge in [0.15, 0.2) is 0 Å². The van der Waals surface area contributed by atoms with Crippen LogP contribution in [0.3, 0.4) is 0 Å². The molecule has 1 aromatic heterocycles. The maximum atomic E-state index is 13.4. The molecule has 4 rings (SSSR count). The lowest BCUT2D eigenvalue weighted by molar-refractivity contribution is -0.139. The largest absolute Gasteiger partial charge is 0.417 e. The van der Waals surface area contributed by atoms with Crippen molar-refractivity contribution in [2.75, 3.05) is 24.5 Å². The fraction of sp³-hybridized carbons (Fsp3) is 0.667. The van der Waals surface area contributed by atoms with Crippen LogP contribution < -0.4 is 4.90 Å². The molecule has 1 aliphatic carbocycles. The van der Waals surface area contributed by atoms with Gasteiger partial charge in [0.2, 0.25) is 5.91 Å². The molecular formula is C21H24ClF3N4O. The summed E-state index contributed by atoms with van der Waals surface area (Å²) in [4.78, 5) is 21.3. The predicted octanol–water partition coefficient (Wildman–Crippen LogP) is 4.66. The summed E-state index contributed by atoms with van der Waals surface area (Å²) < 4.78 is 38.8. The molecule has 162 valence electrons. The van der Waals surface area contributed by atoms with Gasteiger partial charge in [0.25, 0.3) is 0 Å². The minimum atomic E-state index is -4.50. The molecule has 2 aliphatic heterocycles. The van der Waals surface area contributed by atoms with Crippen LogP contribution in [0.5, 0.6) is 0 Å². The molecular weight excluding hydrogens is 417 g/mol. The van der Waals surface area contributed by atoms with E-state index in [-0.39, 0.29) is 22.9 Å². The van der Waals surface area contributed by atoms with Crippen molar-refractivity contribution in [2.24, 2.45) is 11.3 Å². The number of nitriles is 1. The predicted molar refractivity (Wildman–Crippen MR) is 106 cm³/mol. The number of pyridine rings is 1. The second-order valence-electron chi connectivity index (χ2n) is 8.72. The molecule has 1 unspecified atom stereocenters. The molecule has 0 bridgehead atoms. The lowest BCUT2D eigenvalue weighted by atomic mass is 9.78. The van der Waals surface area contributed by atoms with E-state index in [1.54, 1.807) is 0 Å². The summed E-state index contributed by atoms with van der Waals surface area (Å²) in [5.74, 6) is 0.533. The summed E-state index contributed by atoms with van der Waals surface area (Å²) in [6, 6.07) is 3.41. The van der Waals surface area contributed by atoms with Crippen LogP contribution in [0.15, 0.2) is 12.3 Å². The number of amides is 1. The summed E-state index contributed by atoms with van der Waals surface area (Å²) in [6.07, 6.45) is 1.95. The topological polar surface area (TPSA) is 60.2 Å². The van der Waals surface area contributed by atoms with Crippen molar-refractivity contribution in [2.45, 2.75) is 57.2 Å². The van der Waals surface area contributed by atoms with Crippen LogP contribution in [0.1, 0.15) is 50.5 Å². The molecule has 0 radical (unpaired) electrons. The first kappa shape index (κ1) is 21.2. The highest BCUT2D eigenvalue weighted by Crippen LogP contribution is 2.44. The molecule has 1 spiro atoms. The second-order valence-corrected chi connectivity index (χ2v) is 9.12. The van der Waals surface area contributed by atoms with E-state index in [4.69, 9.17) is 16.9 Å². The van der Waals surface area contributed by atoms with Crippen LogP contribution in [-0.4, -0.2) is 41.5 Å². The molecule has 2 saturated heterocycles. The zero-order valence-electron chi connectivity index (χ0n) is 16.6. The number of carbonyl (C=O) groups is 1. The third-order valence-corrected chi connectivity index (χ3v) is 7.17. The van der Waals surface area contributed by atoms with Crippen molar-refractivity contribution in [3.05, 3.63) is 22.8 Å². The van der Waals surface area contributed by atoms with Gasteiger partial charge >= 0.3 is 6.18 Å². The Kier molecular flexibility index (Phi) is 5.60. The monoisotopic (exact) mass is 440 g/mol. The van der Waals surface area contributed by atoms with Crippen LogP contribution in [-0.2, 0) is 11.0 Å². The van der Waals surface area contributed by atoms with Gasteiger partial charge in [-0.3, -0.25) is 4.79 Å². The van der Waals surface area contributed by atoms with Crippen molar-refractivity contribution in [1.82, 2.24) is 9.88 Å². The van der Waals surface area contributed by atoms with Gasteiger partial charge in [-0.1, -0.05) is 11.6 Å². The maximum Gasteiger partial charge on any atom is 0.417 e. The van der Waals surface area contributed by atoms with E-state index in [0.717, 1.165) is 57.2 Å².